The van der Waals surface area contributed by atoms with E-state index in [0.717, 1.165) is 0 Å². The average Bonchev–Trinajstić information content (AvgIpc) is 2.87. The van der Waals surface area contributed by atoms with E-state index >= 15 is 0 Å². The molecular weight excluding hydrogens is 397 g/mol. The Balaban J connectivity index is 2.29. The maximum atomic E-state index is 13.1. The summed E-state index contributed by atoms with van der Waals surface area (Å²) >= 11 is 11.7. The lowest BCUT2D eigenvalue weighted by Crippen LogP contribution is -2.17. The van der Waals surface area contributed by atoms with Gasteiger partial charge >= 0.3 is 12.4 Å². The van der Waals surface area contributed by atoms with Gasteiger partial charge in [0.1, 0.15) is 11.3 Å². The molecule has 0 aliphatic heterocycles. The van der Waals surface area contributed by atoms with Gasteiger partial charge in [0.05, 0.1) is 5.02 Å². The first-order chi connectivity index (χ1) is 11.5. The second kappa shape index (κ2) is 5.73. The Morgan fingerprint density at radius 1 is 0.880 bits per heavy atom. The second-order valence-electron chi connectivity index (χ2n) is 4.80. The third kappa shape index (κ3) is 3.36. The van der Waals surface area contributed by atoms with E-state index < -0.39 is 35.0 Å². The third-order valence-electron chi connectivity index (χ3n) is 3.05. The summed E-state index contributed by atoms with van der Waals surface area (Å²) < 4.78 is 77.5. The van der Waals surface area contributed by atoms with Crippen molar-refractivity contribution in [3.8, 4) is 11.4 Å². The fourth-order valence-electron chi connectivity index (χ4n) is 2.03. The van der Waals surface area contributed by atoms with Crippen LogP contribution in [0.2, 0.25) is 10.0 Å². The monoisotopic (exact) mass is 400 g/mol. The highest BCUT2D eigenvalue weighted by atomic mass is 35.5. The lowest BCUT2D eigenvalue weighted by molar-refractivity contribution is -0.151. The van der Waals surface area contributed by atoms with Crippen molar-refractivity contribution in [3.05, 3.63) is 39.8 Å². The number of benzene rings is 1. The molecule has 2 heterocycles. The van der Waals surface area contributed by atoms with Gasteiger partial charge in [0.15, 0.2) is 11.3 Å². The van der Waals surface area contributed by atoms with Crippen LogP contribution in [0.25, 0.3) is 22.6 Å². The number of aromatic nitrogens is 4. The van der Waals surface area contributed by atoms with E-state index in [1.54, 1.807) is 0 Å². The number of imidazole rings is 1. The first-order valence-electron chi connectivity index (χ1n) is 6.34. The Bertz CT molecular complexity index is 964. The molecular formula is C13H4Cl2F6N4. The predicted octanol–water partition coefficient (Wildman–Crippen LogP) is 5.36. The highest BCUT2D eigenvalue weighted by Gasteiger charge is 2.42. The highest BCUT2D eigenvalue weighted by molar-refractivity contribution is 6.36. The first kappa shape index (κ1) is 17.7. The number of rotatable bonds is 1. The van der Waals surface area contributed by atoms with Gasteiger partial charge in [0, 0.05) is 10.6 Å². The number of hydrogen-bond donors (Lipinski definition) is 1. The van der Waals surface area contributed by atoms with Crippen LogP contribution in [0.15, 0.2) is 18.2 Å². The lowest BCUT2D eigenvalue weighted by Gasteiger charge is -2.09. The number of H-pyrrole nitrogens is 1. The van der Waals surface area contributed by atoms with E-state index in [9.17, 15) is 26.3 Å². The minimum Gasteiger partial charge on any atom is -0.322 e. The molecule has 3 rings (SSSR count). The minimum atomic E-state index is -5.16. The Morgan fingerprint density at radius 2 is 1.56 bits per heavy atom. The molecule has 0 atom stereocenters. The topological polar surface area (TPSA) is 54.5 Å². The molecule has 3 aromatic rings. The number of halogens is 8. The molecule has 0 saturated carbocycles. The second-order valence-corrected chi connectivity index (χ2v) is 5.64. The van der Waals surface area contributed by atoms with E-state index in [-0.39, 0.29) is 21.4 Å². The van der Waals surface area contributed by atoms with E-state index in [0.29, 0.717) is 0 Å². The number of hydrogen-bond acceptors (Lipinski definition) is 3. The number of nitrogens with one attached hydrogen (secondary N) is 1. The minimum absolute atomic E-state index is 0.0455. The fraction of sp³-hybridized carbons (Fsp3) is 0.154. The maximum absolute atomic E-state index is 13.1. The summed E-state index contributed by atoms with van der Waals surface area (Å²) in [5.41, 5.74) is -3.21. The van der Waals surface area contributed by atoms with Crippen LogP contribution in [0.5, 0.6) is 0 Å². The molecule has 0 spiro atoms. The zero-order chi connectivity index (χ0) is 18.6. The number of fused-ring (bicyclic) bond motifs is 1. The molecule has 0 aliphatic rings. The molecule has 0 unspecified atom stereocenters. The van der Waals surface area contributed by atoms with Crippen LogP contribution >= 0.6 is 23.2 Å². The summed E-state index contributed by atoms with van der Waals surface area (Å²) in [6, 6.07) is 4.06. The average molecular weight is 401 g/mol. The summed E-state index contributed by atoms with van der Waals surface area (Å²) in [7, 11) is 0. The Kier molecular flexibility index (Phi) is 4.07. The number of aromatic amines is 1. The van der Waals surface area contributed by atoms with Gasteiger partial charge in [0.2, 0.25) is 5.82 Å². The van der Waals surface area contributed by atoms with Crippen molar-refractivity contribution in [2.45, 2.75) is 12.4 Å². The zero-order valence-electron chi connectivity index (χ0n) is 11.6. The maximum Gasteiger partial charge on any atom is 0.451 e. The SMILES string of the molecule is FC(F)(F)c1nc(C(F)(F)F)c2nc(-c3ccc(Cl)cc3Cl)[nH]c2n1. The summed E-state index contributed by atoms with van der Waals surface area (Å²) in [5.74, 6) is -2.12. The smallest absolute Gasteiger partial charge is 0.322 e. The predicted molar refractivity (Wildman–Crippen MR) is 77.1 cm³/mol. The van der Waals surface area contributed by atoms with Crippen molar-refractivity contribution in [1.82, 2.24) is 19.9 Å². The van der Waals surface area contributed by atoms with Crippen LogP contribution < -0.4 is 0 Å². The molecule has 0 saturated heterocycles. The summed E-state index contributed by atoms with van der Waals surface area (Å²) in [6.45, 7) is 0. The van der Waals surface area contributed by atoms with Gasteiger partial charge in [-0.2, -0.15) is 26.3 Å². The summed E-state index contributed by atoms with van der Waals surface area (Å²) in [4.78, 5) is 11.7. The molecule has 0 bridgehead atoms. The van der Waals surface area contributed by atoms with E-state index in [4.69, 9.17) is 23.2 Å². The lowest BCUT2D eigenvalue weighted by atomic mass is 10.2. The highest BCUT2D eigenvalue weighted by Crippen LogP contribution is 2.37. The van der Waals surface area contributed by atoms with E-state index in [1.165, 1.54) is 18.2 Å². The molecule has 132 valence electrons. The van der Waals surface area contributed by atoms with Gasteiger partial charge in [-0.1, -0.05) is 23.2 Å². The molecule has 0 radical (unpaired) electrons. The van der Waals surface area contributed by atoms with Gasteiger partial charge in [-0.25, -0.2) is 15.0 Å². The number of alkyl halides is 6. The van der Waals surface area contributed by atoms with Crippen LogP contribution in [0.4, 0.5) is 26.3 Å². The first-order valence-corrected chi connectivity index (χ1v) is 7.10. The van der Waals surface area contributed by atoms with Crippen LogP contribution in [0, 0.1) is 0 Å². The van der Waals surface area contributed by atoms with Crippen molar-refractivity contribution in [2.24, 2.45) is 0 Å². The molecule has 4 nitrogen and oxygen atoms in total. The largest absolute Gasteiger partial charge is 0.451 e. The van der Waals surface area contributed by atoms with Gasteiger partial charge in [-0.05, 0) is 18.2 Å². The fourth-order valence-corrected chi connectivity index (χ4v) is 2.53. The molecule has 25 heavy (non-hydrogen) atoms. The Hall–Kier alpha value is -2.07. The molecule has 12 heteroatoms. The third-order valence-corrected chi connectivity index (χ3v) is 3.60. The van der Waals surface area contributed by atoms with E-state index in [2.05, 4.69) is 19.9 Å². The van der Waals surface area contributed by atoms with Crippen LogP contribution in [-0.4, -0.2) is 19.9 Å². The standard InChI is InChI=1S/C13H4Cl2F6N4/c14-4-1-2-5(6(15)3-4)9-22-7-8(12(16,17)18)23-11(13(19,20)21)25-10(7)24-9/h1-3H,(H,22,23,24,25). The molecule has 2 aromatic heterocycles. The normalized spacial score (nSPS) is 12.8. The molecule has 1 N–H and O–H groups in total. The van der Waals surface area contributed by atoms with Gasteiger partial charge in [0.25, 0.3) is 0 Å². The van der Waals surface area contributed by atoms with Gasteiger partial charge < -0.3 is 4.98 Å². The molecule has 0 amide bonds. The van der Waals surface area contributed by atoms with Crippen molar-refractivity contribution in [2.75, 3.05) is 0 Å². The van der Waals surface area contributed by atoms with Crippen LogP contribution in [0.1, 0.15) is 11.5 Å². The van der Waals surface area contributed by atoms with Crippen molar-refractivity contribution < 1.29 is 26.3 Å². The van der Waals surface area contributed by atoms with Gasteiger partial charge in [-0.3, -0.25) is 0 Å². The van der Waals surface area contributed by atoms with Crippen molar-refractivity contribution >= 4 is 34.4 Å². The van der Waals surface area contributed by atoms with Gasteiger partial charge in [-0.15, -0.1) is 0 Å². The molecule has 1 aromatic carbocycles. The van der Waals surface area contributed by atoms with Crippen molar-refractivity contribution in [1.29, 1.82) is 0 Å². The van der Waals surface area contributed by atoms with Crippen molar-refractivity contribution in [3.63, 3.8) is 0 Å². The zero-order valence-corrected chi connectivity index (χ0v) is 13.1. The number of nitrogens with zero attached hydrogens (tertiary/aromatic N) is 3. The Morgan fingerprint density at radius 3 is 2.12 bits per heavy atom. The van der Waals surface area contributed by atoms with E-state index in [1.807, 2.05) is 0 Å². The summed E-state index contributed by atoms with van der Waals surface area (Å²) in [6.07, 6.45) is -10.3. The summed E-state index contributed by atoms with van der Waals surface area (Å²) in [5, 5.41) is 0.309. The van der Waals surface area contributed by atoms with Crippen LogP contribution in [-0.2, 0) is 12.4 Å². The molecule has 0 aliphatic carbocycles. The quantitative estimate of drug-likeness (QED) is 0.559. The Labute approximate surface area is 144 Å². The van der Waals surface area contributed by atoms with Crippen LogP contribution in [0.3, 0.4) is 0 Å². The molecule has 0 fully saturated rings.